The molecule has 0 aromatic heterocycles. The van der Waals surface area contributed by atoms with E-state index in [-0.39, 0.29) is 24.4 Å². The van der Waals surface area contributed by atoms with E-state index in [2.05, 4.69) is 0 Å². The third-order valence-corrected chi connectivity index (χ3v) is 6.16. The Hall–Kier alpha value is -0.900. The molecule has 3 fully saturated rings. The number of carbonyl (C=O) groups excluding carboxylic acids is 2. The van der Waals surface area contributed by atoms with Crippen LogP contribution in [0.2, 0.25) is 0 Å². The van der Waals surface area contributed by atoms with E-state index in [1.165, 1.54) is 0 Å². The van der Waals surface area contributed by atoms with Crippen molar-refractivity contribution < 1.29 is 19.4 Å². The lowest BCUT2D eigenvalue weighted by Crippen LogP contribution is -2.64. The molecule has 0 amide bonds. The van der Waals surface area contributed by atoms with Gasteiger partial charge in [-0.25, -0.2) is 0 Å². The Morgan fingerprint density at radius 2 is 2.11 bits per heavy atom. The van der Waals surface area contributed by atoms with Gasteiger partial charge in [-0.1, -0.05) is 13.8 Å². The van der Waals surface area contributed by atoms with Crippen LogP contribution in [0.1, 0.15) is 39.5 Å². The van der Waals surface area contributed by atoms with E-state index in [0.29, 0.717) is 19.3 Å². The molecule has 3 rings (SSSR count). The summed E-state index contributed by atoms with van der Waals surface area (Å²) in [4.78, 5) is 23.5. The monoisotopic (exact) mass is 252 g/mol. The maximum atomic E-state index is 11.8. The molecule has 4 heteroatoms. The second-order valence-electron chi connectivity index (χ2n) is 6.57. The molecule has 1 heterocycles. The van der Waals surface area contributed by atoms with E-state index in [4.69, 9.17) is 4.74 Å². The lowest BCUT2D eigenvalue weighted by atomic mass is 9.49. The van der Waals surface area contributed by atoms with E-state index in [9.17, 15) is 14.7 Å². The van der Waals surface area contributed by atoms with Crippen molar-refractivity contribution in [2.75, 3.05) is 6.61 Å². The highest BCUT2D eigenvalue weighted by Gasteiger charge is 2.73. The second-order valence-corrected chi connectivity index (χ2v) is 6.57. The Kier molecular flexibility index (Phi) is 2.26. The smallest absolute Gasteiger partial charge is 0.309 e. The fraction of sp³-hybridized carbons (Fsp3) is 0.857. The van der Waals surface area contributed by atoms with Crippen molar-refractivity contribution in [1.82, 2.24) is 0 Å². The number of cyclic esters (lactones) is 1. The Balaban J connectivity index is 2.14. The average Bonchev–Trinajstić information content (AvgIpc) is 2.79. The SMILES string of the molecule is C[C@@H]1CC[C@]2(O)[C@@]1(C=O)CC[C@H]1C(=O)OC[C@]12C. The van der Waals surface area contributed by atoms with Crippen molar-refractivity contribution in [2.45, 2.75) is 45.1 Å². The molecule has 0 bridgehead atoms. The molecule has 4 nitrogen and oxygen atoms in total. The van der Waals surface area contributed by atoms with Crippen LogP contribution in [0.25, 0.3) is 0 Å². The van der Waals surface area contributed by atoms with Crippen LogP contribution in [0.4, 0.5) is 0 Å². The van der Waals surface area contributed by atoms with E-state index in [1.807, 2.05) is 13.8 Å². The highest BCUT2D eigenvalue weighted by Crippen LogP contribution is 2.66. The summed E-state index contributed by atoms with van der Waals surface area (Å²) in [5, 5.41) is 11.2. The van der Waals surface area contributed by atoms with Gasteiger partial charge in [-0.2, -0.15) is 0 Å². The van der Waals surface area contributed by atoms with Gasteiger partial charge in [-0.3, -0.25) is 4.79 Å². The van der Waals surface area contributed by atoms with E-state index < -0.39 is 16.4 Å². The minimum absolute atomic E-state index is 0.175. The molecule has 0 aromatic carbocycles. The predicted octanol–water partition coefficient (Wildman–Crippen LogP) is 1.31. The number of hydrogen-bond acceptors (Lipinski definition) is 4. The normalized spacial score (nSPS) is 54.7. The zero-order chi connectivity index (χ0) is 13.2. The largest absolute Gasteiger partial charge is 0.465 e. The van der Waals surface area contributed by atoms with Crippen LogP contribution >= 0.6 is 0 Å². The number of fused-ring (bicyclic) bond motifs is 3. The van der Waals surface area contributed by atoms with Crippen LogP contribution in [0.5, 0.6) is 0 Å². The van der Waals surface area contributed by atoms with Gasteiger partial charge in [0.1, 0.15) is 12.9 Å². The van der Waals surface area contributed by atoms with Gasteiger partial charge >= 0.3 is 5.97 Å². The van der Waals surface area contributed by atoms with Crippen LogP contribution in [-0.2, 0) is 14.3 Å². The Morgan fingerprint density at radius 3 is 2.78 bits per heavy atom. The van der Waals surface area contributed by atoms with E-state index in [0.717, 1.165) is 12.7 Å². The van der Waals surface area contributed by atoms with Crippen LogP contribution in [0, 0.1) is 22.7 Å². The van der Waals surface area contributed by atoms with Crippen molar-refractivity contribution in [2.24, 2.45) is 22.7 Å². The van der Waals surface area contributed by atoms with Gasteiger partial charge in [0.15, 0.2) is 0 Å². The van der Waals surface area contributed by atoms with Crippen LogP contribution in [0.3, 0.4) is 0 Å². The Bertz CT molecular complexity index is 420. The van der Waals surface area contributed by atoms with E-state index in [1.54, 1.807) is 0 Å². The van der Waals surface area contributed by atoms with Crippen molar-refractivity contribution in [3.63, 3.8) is 0 Å². The van der Waals surface area contributed by atoms with E-state index >= 15 is 0 Å². The summed E-state index contributed by atoms with van der Waals surface area (Å²) in [7, 11) is 0. The number of rotatable bonds is 1. The molecule has 0 radical (unpaired) electrons. The second kappa shape index (κ2) is 3.35. The Morgan fingerprint density at radius 1 is 1.39 bits per heavy atom. The molecule has 0 aromatic rings. The summed E-state index contributed by atoms with van der Waals surface area (Å²) in [5.74, 6) is -0.278. The molecule has 0 unspecified atom stereocenters. The summed E-state index contributed by atoms with van der Waals surface area (Å²) in [6, 6.07) is 0. The molecule has 100 valence electrons. The van der Waals surface area contributed by atoms with Gasteiger partial charge in [-0.15, -0.1) is 0 Å². The summed E-state index contributed by atoms with van der Waals surface area (Å²) >= 11 is 0. The number of carbonyl (C=O) groups is 2. The molecule has 0 spiro atoms. The zero-order valence-electron chi connectivity index (χ0n) is 10.9. The first-order valence-corrected chi connectivity index (χ1v) is 6.77. The molecule has 18 heavy (non-hydrogen) atoms. The van der Waals surface area contributed by atoms with Crippen LogP contribution < -0.4 is 0 Å². The minimum atomic E-state index is -1.09. The van der Waals surface area contributed by atoms with Gasteiger partial charge in [-0.05, 0) is 31.6 Å². The average molecular weight is 252 g/mol. The van der Waals surface area contributed by atoms with Gasteiger partial charge in [0.25, 0.3) is 0 Å². The van der Waals surface area contributed by atoms with Gasteiger partial charge in [0, 0.05) is 5.41 Å². The summed E-state index contributed by atoms with van der Waals surface area (Å²) in [6.45, 7) is 4.20. The maximum absolute atomic E-state index is 11.8. The van der Waals surface area contributed by atoms with Crippen molar-refractivity contribution in [1.29, 1.82) is 0 Å². The maximum Gasteiger partial charge on any atom is 0.309 e. The third kappa shape index (κ3) is 1.03. The molecule has 3 aliphatic rings. The standard InChI is InChI=1S/C14H20O4/c1-9-3-6-14(17)12(2)8-18-11(16)10(12)4-5-13(9,14)7-15/h7,9-10,17H,3-6,8H2,1-2H3/t9-,10+,12-,13-,14-/m1/s1. The third-order valence-electron chi connectivity index (χ3n) is 6.16. The molecule has 1 N–H and O–H groups in total. The quantitative estimate of drug-likeness (QED) is 0.564. The lowest BCUT2D eigenvalue weighted by Gasteiger charge is -2.55. The lowest BCUT2D eigenvalue weighted by molar-refractivity contribution is -0.195. The predicted molar refractivity (Wildman–Crippen MR) is 63.6 cm³/mol. The highest BCUT2D eigenvalue weighted by molar-refractivity contribution is 5.78. The molecule has 2 saturated carbocycles. The highest BCUT2D eigenvalue weighted by atomic mass is 16.5. The number of ether oxygens (including phenoxy) is 1. The van der Waals surface area contributed by atoms with Gasteiger partial charge in [0.2, 0.25) is 0 Å². The van der Waals surface area contributed by atoms with Crippen LogP contribution in [-0.4, -0.2) is 29.6 Å². The molecule has 2 aliphatic carbocycles. The molecule has 1 aliphatic heterocycles. The number of hydrogen-bond donors (Lipinski definition) is 1. The topological polar surface area (TPSA) is 63.6 Å². The van der Waals surface area contributed by atoms with Crippen LogP contribution in [0.15, 0.2) is 0 Å². The first-order chi connectivity index (χ1) is 8.41. The fourth-order valence-corrected chi connectivity index (χ4v) is 4.78. The zero-order valence-corrected chi connectivity index (χ0v) is 10.9. The minimum Gasteiger partial charge on any atom is -0.465 e. The summed E-state index contributed by atoms with van der Waals surface area (Å²) < 4.78 is 5.19. The van der Waals surface area contributed by atoms with Crippen molar-refractivity contribution in [3.8, 4) is 0 Å². The summed E-state index contributed by atoms with van der Waals surface area (Å²) in [6.07, 6.45) is 3.64. The van der Waals surface area contributed by atoms with Crippen molar-refractivity contribution in [3.05, 3.63) is 0 Å². The molecule has 1 saturated heterocycles. The number of aliphatic hydroxyl groups is 1. The fourth-order valence-electron chi connectivity index (χ4n) is 4.78. The van der Waals surface area contributed by atoms with Crippen molar-refractivity contribution >= 4 is 12.3 Å². The first-order valence-electron chi connectivity index (χ1n) is 6.77. The molecular weight excluding hydrogens is 232 g/mol. The first kappa shape index (κ1) is 12.2. The number of aldehydes is 1. The Labute approximate surface area is 107 Å². The van der Waals surface area contributed by atoms with Gasteiger partial charge in [0.05, 0.1) is 16.9 Å². The summed E-state index contributed by atoms with van der Waals surface area (Å²) in [5.41, 5.74) is -2.38. The van der Waals surface area contributed by atoms with Gasteiger partial charge < -0.3 is 14.6 Å². The molecule has 5 atom stereocenters. The molecular formula is C14H20O4. The number of esters is 1.